The van der Waals surface area contributed by atoms with Crippen molar-refractivity contribution < 1.29 is 14.5 Å². The Kier molecular flexibility index (Phi) is 3.90. The fourth-order valence-corrected chi connectivity index (χ4v) is 1.20. The molecule has 0 atom stereocenters. The molecular weight excluding hydrogens is 236 g/mol. The van der Waals surface area contributed by atoms with E-state index in [0.717, 1.165) is 0 Å². The van der Waals surface area contributed by atoms with E-state index in [4.69, 9.17) is 4.74 Å². The Hall–Kier alpha value is -2.11. The first-order valence-corrected chi connectivity index (χ1v) is 5.39. The largest absolute Gasteiger partial charge is 0.496 e. The minimum Gasteiger partial charge on any atom is -0.496 e. The number of carbonyl (C=O) groups is 1. The average Bonchev–Trinajstić information content (AvgIpc) is 2.27. The predicted octanol–water partition coefficient (Wildman–Crippen LogP) is 2.59. The van der Waals surface area contributed by atoms with Gasteiger partial charge in [-0.25, -0.2) is 0 Å². The first-order valence-electron chi connectivity index (χ1n) is 5.39. The van der Waals surface area contributed by atoms with Gasteiger partial charge in [0, 0.05) is 5.41 Å². The molecule has 0 saturated heterocycles. The summed E-state index contributed by atoms with van der Waals surface area (Å²) in [5, 5.41) is 13.5. The molecule has 0 aromatic heterocycles. The number of hydrogen-bond donors (Lipinski definition) is 1. The van der Waals surface area contributed by atoms with Crippen molar-refractivity contribution in [2.24, 2.45) is 5.41 Å². The number of benzene rings is 1. The van der Waals surface area contributed by atoms with Gasteiger partial charge >= 0.3 is 0 Å². The van der Waals surface area contributed by atoms with Crippen LogP contribution in [0, 0.1) is 15.5 Å². The lowest BCUT2D eigenvalue weighted by atomic mass is 9.95. The van der Waals surface area contributed by atoms with Crippen molar-refractivity contribution in [1.82, 2.24) is 0 Å². The normalized spacial score (nSPS) is 10.9. The molecule has 0 saturated carbocycles. The molecule has 0 unspecified atom stereocenters. The van der Waals surface area contributed by atoms with Crippen LogP contribution in [0.25, 0.3) is 0 Å². The van der Waals surface area contributed by atoms with Crippen LogP contribution in [0.2, 0.25) is 0 Å². The smallest absolute Gasteiger partial charge is 0.296 e. The lowest BCUT2D eigenvalue weighted by molar-refractivity contribution is -0.384. The van der Waals surface area contributed by atoms with Crippen LogP contribution in [0.5, 0.6) is 5.75 Å². The molecule has 6 nitrogen and oxygen atoms in total. The lowest BCUT2D eigenvalue weighted by Gasteiger charge is -2.17. The average molecular weight is 252 g/mol. The maximum absolute atomic E-state index is 11.8. The summed E-state index contributed by atoms with van der Waals surface area (Å²) in [6.07, 6.45) is 0. The third kappa shape index (κ3) is 3.19. The van der Waals surface area contributed by atoms with Gasteiger partial charge < -0.3 is 10.1 Å². The van der Waals surface area contributed by atoms with Crippen LogP contribution < -0.4 is 10.1 Å². The summed E-state index contributed by atoms with van der Waals surface area (Å²) in [6.45, 7) is 5.20. The minimum atomic E-state index is -0.617. The molecule has 0 aliphatic rings. The Morgan fingerprint density at radius 1 is 1.39 bits per heavy atom. The summed E-state index contributed by atoms with van der Waals surface area (Å²) in [6, 6.07) is 4.30. The standard InChI is InChI=1S/C12H16N2O4/c1-12(2,3)11(15)13-9-6-5-8(18-4)7-10(9)14(16)17/h5-7H,1-4H3,(H,13,15). The van der Waals surface area contributed by atoms with Gasteiger partial charge in [-0.05, 0) is 12.1 Å². The number of nitro groups is 1. The highest BCUT2D eigenvalue weighted by Crippen LogP contribution is 2.30. The molecule has 0 fully saturated rings. The summed E-state index contributed by atoms with van der Waals surface area (Å²) in [7, 11) is 1.42. The number of ether oxygens (including phenoxy) is 1. The molecule has 98 valence electrons. The number of methoxy groups -OCH3 is 1. The van der Waals surface area contributed by atoms with Crippen LogP contribution in [0.4, 0.5) is 11.4 Å². The number of amides is 1. The van der Waals surface area contributed by atoms with Crippen LogP contribution in [-0.4, -0.2) is 17.9 Å². The van der Waals surface area contributed by atoms with Gasteiger partial charge in [0.2, 0.25) is 5.91 Å². The number of nitro benzene ring substituents is 1. The molecule has 0 aliphatic heterocycles. The molecule has 1 aromatic rings. The number of nitrogens with zero attached hydrogens (tertiary/aromatic N) is 1. The maximum atomic E-state index is 11.8. The van der Waals surface area contributed by atoms with E-state index in [1.54, 1.807) is 26.8 Å². The molecule has 1 N–H and O–H groups in total. The van der Waals surface area contributed by atoms with E-state index in [1.807, 2.05) is 0 Å². The van der Waals surface area contributed by atoms with Crippen molar-refractivity contribution in [3.8, 4) is 5.75 Å². The minimum absolute atomic E-state index is 0.167. The third-order valence-electron chi connectivity index (χ3n) is 2.33. The molecule has 0 bridgehead atoms. The van der Waals surface area contributed by atoms with Gasteiger partial charge in [0.05, 0.1) is 18.1 Å². The maximum Gasteiger partial charge on any atom is 0.296 e. The fourth-order valence-electron chi connectivity index (χ4n) is 1.20. The molecule has 1 aromatic carbocycles. The first-order chi connectivity index (χ1) is 8.25. The Labute approximate surface area is 105 Å². The van der Waals surface area contributed by atoms with Crippen LogP contribution in [-0.2, 0) is 4.79 Å². The summed E-state index contributed by atoms with van der Waals surface area (Å²) in [4.78, 5) is 22.2. The number of nitrogens with one attached hydrogen (secondary N) is 1. The van der Waals surface area contributed by atoms with Gasteiger partial charge in [-0.15, -0.1) is 0 Å². The summed E-state index contributed by atoms with van der Waals surface area (Å²) in [5.41, 5.74) is -0.638. The highest BCUT2D eigenvalue weighted by molar-refractivity contribution is 5.96. The van der Waals surface area contributed by atoms with Crippen molar-refractivity contribution in [2.75, 3.05) is 12.4 Å². The van der Waals surface area contributed by atoms with Crippen molar-refractivity contribution in [1.29, 1.82) is 0 Å². The van der Waals surface area contributed by atoms with Crippen molar-refractivity contribution in [3.05, 3.63) is 28.3 Å². The van der Waals surface area contributed by atoms with E-state index in [1.165, 1.54) is 19.2 Å². The number of anilines is 1. The zero-order chi connectivity index (χ0) is 13.9. The lowest BCUT2D eigenvalue weighted by Crippen LogP contribution is -2.27. The SMILES string of the molecule is COc1ccc(NC(=O)C(C)(C)C)c([N+](=O)[O-])c1. The summed E-state index contributed by atoms with van der Waals surface area (Å²) in [5.74, 6) is 0.0891. The topological polar surface area (TPSA) is 81.5 Å². The van der Waals surface area contributed by atoms with Crippen molar-refractivity contribution in [3.63, 3.8) is 0 Å². The molecule has 0 aliphatic carbocycles. The highest BCUT2D eigenvalue weighted by Gasteiger charge is 2.24. The first kappa shape index (κ1) is 14.0. The van der Waals surface area contributed by atoms with E-state index in [0.29, 0.717) is 5.75 Å². The molecule has 1 rings (SSSR count). The molecule has 0 heterocycles. The second-order valence-electron chi connectivity index (χ2n) is 4.84. The molecule has 0 spiro atoms. The van der Waals surface area contributed by atoms with E-state index >= 15 is 0 Å². The van der Waals surface area contributed by atoms with Gasteiger partial charge in [0.1, 0.15) is 11.4 Å². The fraction of sp³-hybridized carbons (Fsp3) is 0.417. The van der Waals surface area contributed by atoms with Crippen LogP contribution >= 0.6 is 0 Å². The molecule has 0 radical (unpaired) electrons. The van der Waals surface area contributed by atoms with Gasteiger partial charge in [-0.1, -0.05) is 20.8 Å². The quantitative estimate of drug-likeness (QED) is 0.662. The highest BCUT2D eigenvalue weighted by atomic mass is 16.6. The number of hydrogen-bond acceptors (Lipinski definition) is 4. The number of carbonyl (C=O) groups excluding carboxylic acids is 1. The zero-order valence-corrected chi connectivity index (χ0v) is 10.8. The van der Waals surface area contributed by atoms with E-state index in [9.17, 15) is 14.9 Å². The van der Waals surface area contributed by atoms with Gasteiger partial charge in [-0.2, -0.15) is 0 Å². The van der Waals surface area contributed by atoms with Crippen LogP contribution in [0.15, 0.2) is 18.2 Å². The van der Waals surface area contributed by atoms with E-state index in [2.05, 4.69) is 5.32 Å². The Bertz CT molecular complexity index is 477. The Morgan fingerprint density at radius 2 is 2.00 bits per heavy atom. The molecule has 18 heavy (non-hydrogen) atoms. The van der Waals surface area contributed by atoms with Crippen molar-refractivity contribution in [2.45, 2.75) is 20.8 Å². The van der Waals surface area contributed by atoms with Gasteiger partial charge in [0.15, 0.2) is 0 Å². The third-order valence-corrected chi connectivity index (χ3v) is 2.33. The summed E-state index contributed by atoms with van der Waals surface area (Å²) >= 11 is 0. The second-order valence-corrected chi connectivity index (χ2v) is 4.84. The monoisotopic (exact) mass is 252 g/mol. The molecule has 6 heteroatoms. The predicted molar refractivity (Wildman–Crippen MR) is 67.7 cm³/mol. The number of rotatable bonds is 3. The zero-order valence-electron chi connectivity index (χ0n) is 10.8. The Balaban J connectivity index is 3.09. The second kappa shape index (κ2) is 5.03. The van der Waals surface area contributed by atoms with E-state index < -0.39 is 10.3 Å². The molecule has 1 amide bonds. The van der Waals surface area contributed by atoms with Crippen LogP contribution in [0.3, 0.4) is 0 Å². The Morgan fingerprint density at radius 3 is 2.44 bits per heavy atom. The van der Waals surface area contributed by atoms with E-state index in [-0.39, 0.29) is 17.3 Å². The van der Waals surface area contributed by atoms with Gasteiger partial charge in [-0.3, -0.25) is 14.9 Å². The summed E-state index contributed by atoms with van der Waals surface area (Å²) < 4.78 is 4.92. The van der Waals surface area contributed by atoms with Crippen molar-refractivity contribution >= 4 is 17.3 Å². The molecular formula is C12H16N2O4. The van der Waals surface area contributed by atoms with Gasteiger partial charge in [0.25, 0.3) is 5.69 Å². The van der Waals surface area contributed by atoms with Crippen LogP contribution in [0.1, 0.15) is 20.8 Å².